The van der Waals surface area contributed by atoms with Crippen LogP contribution in [0.4, 0.5) is 0 Å². The lowest BCUT2D eigenvalue weighted by Gasteiger charge is -2.15. The van der Waals surface area contributed by atoms with Crippen molar-refractivity contribution in [3.63, 3.8) is 0 Å². The molecule has 148 valence electrons. The third-order valence-corrected chi connectivity index (χ3v) is 5.25. The van der Waals surface area contributed by atoms with Gasteiger partial charge in [0.25, 0.3) is 5.89 Å². The van der Waals surface area contributed by atoms with Crippen molar-refractivity contribution in [2.24, 2.45) is 5.92 Å². The smallest absolute Gasteiger partial charge is 0.387 e. The number of aryl methyl sites for hydroxylation is 1. The lowest BCUT2D eigenvalue weighted by molar-refractivity contribution is -0.122. The Balaban J connectivity index is 1.53. The van der Waals surface area contributed by atoms with Crippen molar-refractivity contribution >= 4 is 17.2 Å². The number of nitrogens with one attached hydrogen (secondary N) is 1. The SMILES string of the molecule is CC(C)Cc1ccc(C(C)NC(=O)CCn2nc(-c3cccs3)oc2=O)cc1. The van der Waals surface area contributed by atoms with E-state index < -0.39 is 5.76 Å². The molecule has 1 atom stereocenters. The van der Waals surface area contributed by atoms with Gasteiger partial charge in [-0.25, -0.2) is 4.79 Å². The Bertz CT molecular complexity index is 956. The standard InChI is InChI=1S/C21H25N3O3S/c1-14(2)13-16-6-8-17(9-7-16)15(3)22-19(25)10-11-24-21(26)27-20(23-24)18-5-4-12-28-18/h4-9,12,14-15H,10-11,13H2,1-3H3,(H,22,25). The van der Waals surface area contributed by atoms with Crippen molar-refractivity contribution in [1.82, 2.24) is 15.1 Å². The van der Waals surface area contributed by atoms with E-state index in [9.17, 15) is 9.59 Å². The molecule has 3 aromatic rings. The third-order valence-electron chi connectivity index (χ3n) is 4.39. The summed E-state index contributed by atoms with van der Waals surface area (Å²) in [7, 11) is 0. The molecule has 1 aromatic carbocycles. The van der Waals surface area contributed by atoms with E-state index in [1.54, 1.807) is 0 Å². The highest BCUT2D eigenvalue weighted by atomic mass is 32.1. The van der Waals surface area contributed by atoms with Crippen LogP contribution in [0.5, 0.6) is 0 Å². The largest absolute Gasteiger partial charge is 0.437 e. The van der Waals surface area contributed by atoms with Gasteiger partial charge in [-0.05, 0) is 41.8 Å². The van der Waals surface area contributed by atoms with Gasteiger partial charge in [-0.2, -0.15) is 4.68 Å². The Labute approximate surface area is 168 Å². The molecule has 6 nitrogen and oxygen atoms in total. The molecule has 1 amide bonds. The predicted molar refractivity (Wildman–Crippen MR) is 110 cm³/mol. The lowest BCUT2D eigenvalue weighted by Crippen LogP contribution is -2.29. The highest BCUT2D eigenvalue weighted by Crippen LogP contribution is 2.21. The molecule has 0 fully saturated rings. The minimum absolute atomic E-state index is 0.101. The molecular weight excluding hydrogens is 374 g/mol. The number of benzene rings is 1. The van der Waals surface area contributed by atoms with Crippen LogP contribution >= 0.6 is 11.3 Å². The van der Waals surface area contributed by atoms with E-state index in [2.05, 4.69) is 48.5 Å². The number of hydrogen-bond acceptors (Lipinski definition) is 5. The summed E-state index contributed by atoms with van der Waals surface area (Å²) < 4.78 is 6.35. The summed E-state index contributed by atoms with van der Waals surface area (Å²) in [5.41, 5.74) is 2.35. The predicted octanol–water partition coefficient (Wildman–Crippen LogP) is 4.03. The first-order valence-electron chi connectivity index (χ1n) is 9.42. The normalized spacial score (nSPS) is 12.3. The van der Waals surface area contributed by atoms with Crippen LogP contribution in [0, 0.1) is 5.92 Å². The number of carbonyl (C=O) groups is 1. The van der Waals surface area contributed by atoms with Gasteiger partial charge in [0.1, 0.15) is 0 Å². The first-order valence-corrected chi connectivity index (χ1v) is 10.3. The van der Waals surface area contributed by atoms with E-state index in [0.717, 1.165) is 16.9 Å². The van der Waals surface area contributed by atoms with Crippen LogP contribution in [0.2, 0.25) is 0 Å². The van der Waals surface area contributed by atoms with Gasteiger partial charge in [-0.1, -0.05) is 44.2 Å². The molecule has 28 heavy (non-hydrogen) atoms. The van der Waals surface area contributed by atoms with Crippen LogP contribution in [-0.4, -0.2) is 15.7 Å². The van der Waals surface area contributed by atoms with Crippen molar-refractivity contribution < 1.29 is 9.21 Å². The number of hydrogen-bond donors (Lipinski definition) is 1. The first kappa shape index (κ1) is 20.1. The van der Waals surface area contributed by atoms with Gasteiger partial charge in [0.15, 0.2) is 0 Å². The third kappa shape index (κ3) is 5.19. The maximum atomic E-state index is 12.3. The molecule has 0 spiro atoms. The van der Waals surface area contributed by atoms with Gasteiger partial charge in [0, 0.05) is 6.42 Å². The summed E-state index contributed by atoms with van der Waals surface area (Å²) >= 11 is 1.44. The van der Waals surface area contributed by atoms with E-state index in [-0.39, 0.29) is 30.8 Å². The summed E-state index contributed by atoms with van der Waals surface area (Å²) in [6.07, 6.45) is 1.20. The van der Waals surface area contributed by atoms with Gasteiger partial charge >= 0.3 is 5.76 Å². The first-order chi connectivity index (χ1) is 13.4. The molecular formula is C21H25N3O3S. The van der Waals surface area contributed by atoms with Crippen molar-refractivity contribution in [2.45, 2.75) is 46.2 Å². The summed E-state index contributed by atoms with van der Waals surface area (Å²) in [6.45, 7) is 6.52. The highest BCUT2D eigenvalue weighted by molar-refractivity contribution is 7.13. The van der Waals surface area contributed by atoms with Gasteiger partial charge in [0.05, 0.1) is 17.5 Å². The fourth-order valence-electron chi connectivity index (χ4n) is 2.97. The fraction of sp³-hybridized carbons (Fsp3) is 0.381. The molecule has 7 heteroatoms. The zero-order valence-electron chi connectivity index (χ0n) is 16.3. The van der Waals surface area contributed by atoms with E-state index in [0.29, 0.717) is 5.92 Å². The minimum Gasteiger partial charge on any atom is -0.387 e. The second kappa shape index (κ2) is 9.01. The topological polar surface area (TPSA) is 77.1 Å². The number of aromatic nitrogens is 2. The molecule has 0 aliphatic heterocycles. The Kier molecular flexibility index (Phi) is 6.46. The fourth-order valence-corrected chi connectivity index (χ4v) is 3.61. The molecule has 0 saturated carbocycles. The molecule has 0 saturated heterocycles. The zero-order valence-corrected chi connectivity index (χ0v) is 17.2. The maximum Gasteiger partial charge on any atom is 0.437 e. The highest BCUT2D eigenvalue weighted by Gasteiger charge is 2.14. The Morgan fingerprint density at radius 2 is 1.96 bits per heavy atom. The molecule has 0 radical (unpaired) electrons. The molecule has 1 unspecified atom stereocenters. The van der Waals surface area contributed by atoms with E-state index in [1.807, 2.05) is 24.4 Å². The van der Waals surface area contributed by atoms with E-state index >= 15 is 0 Å². The molecule has 3 rings (SSSR count). The molecule has 1 N–H and O–H groups in total. The van der Waals surface area contributed by atoms with Crippen molar-refractivity contribution in [3.05, 3.63) is 63.5 Å². The summed E-state index contributed by atoms with van der Waals surface area (Å²) in [5.74, 6) is 0.217. The average molecular weight is 400 g/mol. The van der Waals surface area contributed by atoms with Crippen molar-refractivity contribution in [2.75, 3.05) is 0 Å². The number of nitrogens with zero attached hydrogens (tertiary/aromatic N) is 2. The Morgan fingerprint density at radius 3 is 2.61 bits per heavy atom. The van der Waals surface area contributed by atoms with Crippen molar-refractivity contribution in [1.29, 1.82) is 0 Å². The zero-order chi connectivity index (χ0) is 20.1. The molecule has 2 aromatic heterocycles. The number of rotatable bonds is 8. The summed E-state index contributed by atoms with van der Waals surface area (Å²) in [6, 6.07) is 11.9. The van der Waals surface area contributed by atoms with E-state index in [1.165, 1.54) is 21.6 Å². The van der Waals surface area contributed by atoms with Crippen LogP contribution in [-0.2, 0) is 17.8 Å². The number of carbonyl (C=O) groups excluding carboxylic acids is 1. The van der Waals surface area contributed by atoms with Crippen LogP contribution in [0.1, 0.15) is 44.4 Å². The number of thiophene rings is 1. The van der Waals surface area contributed by atoms with Gasteiger partial charge in [0.2, 0.25) is 5.91 Å². The second-order valence-corrected chi connectivity index (χ2v) is 8.20. The summed E-state index contributed by atoms with van der Waals surface area (Å²) in [4.78, 5) is 25.0. The second-order valence-electron chi connectivity index (χ2n) is 7.25. The van der Waals surface area contributed by atoms with Crippen LogP contribution in [0.3, 0.4) is 0 Å². The van der Waals surface area contributed by atoms with Gasteiger partial charge in [-0.15, -0.1) is 16.4 Å². The van der Waals surface area contributed by atoms with Crippen molar-refractivity contribution in [3.8, 4) is 10.8 Å². The Hall–Kier alpha value is -2.67. The van der Waals surface area contributed by atoms with Crippen LogP contribution < -0.4 is 11.1 Å². The maximum absolute atomic E-state index is 12.3. The monoisotopic (exact) mass is 399 g/mol. The molecule has 0 aliphatic rings. The van der Waals surface area contributed by atoms with Gasteiger partial charge < -0.3 is 9.73 Å². The minimum atomic E-state index is -0.551. The average Bonchev–Trinajstić information content (AvgIpc) is 3.29. The number of amides is 1. The summed E-state index contributed by atoms with van der Waals surface area (Å²) in [5, 5.41) is 9.02. The van der Waals surface area contributed by atoms with Crippen LogP contribution in [0.25, 0.3) is 10.8 Å². The quantitative estimate of drug-likeness (QED) is 0.620. The lowest BCUT2D eigenvalue weighted by atomic mass is 10.00. The van der Waals surface area contributed by atoms with Gasteiger partial charge in [-0.3, -0.25) is 4.79 Å². The molecule has 0 bridgehead atoms. The Morgan fingerprint density at radius 1 is 1.21 bits per heavy atom. The van der Waals surface area contributed by atoms with Crippen LogP contribution in [0.15, 0.2) is 51.0 Å². The molecule has 0 aliphatic carbocycles. The molecule has 2 heterocycles. The van der Waals surface area contributed by atoms with E-state index in [4.69, 9.17) is 4.42 Å².